The molecule has 0 fully saturated rings. The third-order valence-corrected chi connectivity index (χ3v) is 2.78. The Bertz CT molecular complexity index is 446. The summed E-state index contributed by atoms with van der Waals surface area (Å²) in [4.78, 5) is 23.0. The van der Waals surface area contributed by atoms with Crippen molar-refractivity contribution in [3.8, 4) is 0 Å². The van der Waals surface area contributed by atoms with Gasteiger partial charge in [0, 0.05) is 25.8 Å². The monoisotopic (exact) mass is 300 g/mol. The van der Waals surface area contributed by atoms with E-state index in [0.29, 0.717) is 5.02 Å². The van der Waals surface area contributed by atoms with Gasteiger partial charge in [0.2, 0.25) is 0 Å². The van der Waals surface area contributed by atoms with Gasteiger partial charge in [-0.2, -0.15) is 0 Å². The molecule has 0 radical (unpaired) electrons. The van der Waals surface area contributed by atoms with E-state index in [2.05, 4.69) is 10.6 Å². The zero-order valence-corrected chi connectivity index (χ0v) is 12.1. The quantitative estimate of drug-likeness (QED) is 0.599. The van der Waals surface area contributed by atoms with Crippen LogP contribution >= 0.6 is 11.6 Å². The van der Waals surface area contributed by atoms with Crippen LogP contribution in [0, 0.1) is 0 Å². The summed E-state index contributed by atoms with van der Waals surface area (Å²) in [5, 5.41) is 5.52. The van der Waals surface area contributed by atoms with Crippen LogP contribution in [0.5, 0.6) is 0 Å². The van der Waals surface area contributed by atoms with Crippen molar-refractivity contribution < 1.29 is 19.1 Å². The van der Waals surface area contributed by atoms with Crippen LogP contribution < -0.4 is 10.6 Å². The van der Waals surface area contributed by atoms with Crippen LogP contribution in [-0.2, 0) is 25.6 Å². The number of ether oxygens (including phenoxy) is 2. The maximum Gasteiger partial charge on any atom is 0.309 e. The molecule has 1 rings (SSSR count). The Labute approximate surface area is 122 Å². The fourth-order valence-corrected chi connectivity index (χ4v) is 1.51. The van der Waals surface area contributed by atoms with E-state index in [9.17, 15) is 9.59 Å². The second-order valence-electron chi connectivity index (χ2n) is 3.92. The zero-order chi connectivity index (χ0) is 15.0. The molecule has 1 aromatic carbocycles. The van der Waals surface area contributed by atoms with Crippen molar-refractivity contribution >= 4 is 23.4 Å². The van der Waals surface area contributed by atoms with Gasteiger partial charge in [-0.25, -0.2) is 0 Å². The second-order valence-corrected chi connectivity index (χ2v) is 4.36. The van der Waals surface area contributed by atoms with Gasteiger partial charge in [-0.15, -0.1) is 0 Å². The maximum atomic E-state index is 11.5. The molecule has 0 aliphatic carbocycles. The molecule has 110 valence electrons. The molecule has 20 heavy (non-hydrogen) atoms. The van der Waals surface area contributed by atoms with Crippen molar-refractivity contribution in [2.75, 3.05) is 20.8 Å². The van der Waals surface area contributed by atoms with Crippen LogP contribution in [0.15, 0.2) is 24.3 Å². The Balaban J connectivity index is 2.34. The minimum Gasteiger partial charge on any atom is -0.354 e. The van der Waals surface area contributed by atoms with Gasteiger partial charge in [0.05, 0.1) is 6.54 Å². The van der Waals surface area contributed by atoms with E-state index in [1.807, 2.05) is 0 Å². The highest BCUT2D eigenvalue weighted by Crippen LogP contribution is 2.08. The third kappa shape index (κ3) is 5.56. The van der Waals surface area contributed by atoms with E-state index in [1.165, 1.54) is 14.2 Å². The molecule has 2 amide bonds. The smallest absolute Gasteiger partial charge is 0.309 e. The fraction of sp³-hybridized carbons (Fsp3) is 0.385. The number of methoxy groups -OCH3 is 2. The summed E-state index contributed by atoms with van der Waals surface area (Å²) in [5.74, 6) is -1.45. The molecule has 0 saturated carbocycles. The van der Waals surface area contributed by atoms with Gasteiger partial charge in [-0.3, -0.25) is 9.59 Å². The summed E-state index contributed by atoms with van der Waals surface area (Å²) in [6, 6.07) is 6.97. The Morgan fingerprint density at radius 1 is 1.10 bits per heavy atom. The number of carbonyl (C=O) groups is 2. The summed E-state index contributed by atoms with van der Waals surface area (Å²) in [7, 11) is 2.89. The van der Waals surface area contributed by atoms with Crippen molar-refractivity contribution in [1.29, 1.82) is 0 Å². The zero-order valence-electron chi connectivity index (χ0n) is 11.3. The lowest BCUT2D eigenvalue weighted by molar-refractivity contribution is -0.141. The molecule has 0 spiro atoms. The minimum atomic E-state index is -0.738. The summed E-state index contributed by atoms with van der Waals surface area (Å²) in [6.45, 7) is 0.349. The first-order valence-electron chi connectivity index (χ1n) is 5.93. The first kappa shape index (κ1) is 16.4. The van der Waals surface area contributed by atoms with Crippen molar-refractivity contribution in [1.82, 2.24) is 10.6 Å². The molecule has 1 aromatic rings. The second kappa shape index (κ2) is 8.52. The van der Waals surface area contributed by atoms with E-state index in [1.54, 1.807) is 24.3 Å². The molecule has 6 nitrogen and oxygen atoms in total. The van der Waals surface area contributed by atoms with Gasteiger partial charge < -0.3 is 20.1 Å². The Morgan fingerprint density at radius 3 is 2.20 bits per heavy atom. The van der Waals surface area contributed by atoms with Crippen LogP contribution in [-0.4, -0.2) is 38.9 Å². The lowest BCUT2D eigenvalue weighted by Gasteiger charge is -2.13. The van der Waals surface area contributed by atoms with Crippen LogP contribution in [0.4, 0.5) is 0 Å². The van der Waals surface area contributed by atoms with Gasteiger partial charge in [-0.05, 0) is 17.7 Å². The molecule has 0 aromatic heterocycles. The number of hydrogen-bond acceptors (Lipinski definition) is 4. The predicted molar refractivity (Wildman–Crippen MR) is 74.1 cm³/mol. The summed E-state index contributed by atoms with van der Waals surface area (Å²) >= 11 is 5.75. The van der Waals surface area contributed by atoms with Crippen LogP contribution in [0.25, 0.3) is 0 Å². The van der Waals surface area contributed by atoms with Gasteiger partial charge in [0.1, 0.15) is 0 Å². The van der Waals surface area contributed by atoms with E-state index in [4.69, 9.17) is 21.1 Å². The normalized spacial score (nSPS) is 10.4. The molecule has 0 saturated heterocycles. The number of nitrogens with one attached hydrogen (secondary N) is 2. The highest BCUT2D eigenvalue weighted by atomic mass is 35.5. The molecular formula is C13H17ClN2O4. The average Bonchev–Trinajstić information content (AvgIpc) is 2.47. The number of rotatable bonds is 6. The predicted octanol–water partition coefficient (Wildman–Crippen LogP) is 0.691. The van der Waals surface area contributed by atoms with Crippen molar-refractivity contribution in [2.45, 2.75) is 12.8 Å². The van der Waals surface area contributed by atoms with Gasteiger partial charge in [-0.1, -0.05) is 23.7 Å². The third-order valence-electron chi connectivity index (χ3n) is 2.53. The van der Waals surface area contributed by atoms with E-state index >= 15 is 0 Å². The summed E-state index contributed by atoms with van der Waals surface area (Å²) < 4.78 is 9.78. The standard InChI is InChI=1S/C13H17ClN2O4/c1-19-11(20-2)8-16-13(18)12(17)15-7-9-3-5-10(14)6-4-9/h3-6,11H,7-8H2,1-2H3,(H,15,17)(H,16,18). The fourth-order valence-electron chi connectivity index (χ4n) is 1.38. The highest BCUT2D eigenvalue weighted by molar-refractivity contribution is 6.35. The van der Waals surface area contributed by atoms with Gasteiger partial charge >= 0.3 is 11.8 Å². The van der Waals surface area contributed by atoms with Gasteiger partial charge in [0.15, 0.2) is 6.29 Å². The van der Waals surface area contributed by atoms with Crippen LogP contribution in [0.3, 0.4) is 0 Å². The Kier molecular flexibility index (Phi) is 7.00. The molecule has 0 bridgehead atoms. The number of carbonyl (C=O) groups excluding carboxylic acids is 2. The lowest BCUT2D eigenvalue weighted by atomic mass is 10.2. The van der Waals surface area contributed by atoms with Crippen molar-refractivity contribution in [3.63, 3.8) is 0 Å². The van der Waals surface area contributed by atoms with E-state index in [-0.39, 0.29) is 13.1 Å². The molecule has 2 N–H and O–H groups in total. The van der Waals surface area contributed by atoms with Gasteiger partial charge in [0.25, 0.3) is 0 Å². The number of halogens is 1. The number of amides is 2. The summed E-state index contributed by atoms with van der Waals surface area (Å²) in [6.07, 6.45) is -0.581. The molecule has 7 heteroatoms. The average molecular weight is 301 g/mol. The van der Waals surface area contributed by atoms with Crippen LogP contribution in [0.1, 0.15) is 5.56 Å². The van der Waals surface area contributed by atoms with Crippen molar-refractivity contribution in [3.05, 3.63) is 34.9 Å². The molecule has 0 aliphatic heterocycles. The highest BCUT2D eigenvalue weighted by Gasteiger charge is 2.14. The van der Waals surface area contributed by atoms with Crippen LogP contribution in [0.2, 0.25) is 5.02 Å². The Morgan fingerprint density at radius 2 is 1.65 bits per heavy atom. The molecule has 0 heterocycles. The van der Waals surface area contributed by atoms with Crippen molar-refractivity contribution in [2.24, 2.45) is 0 Å². The van der Waals surface area contributed by atoms with E-state index < -0.39 is 18.1 Å². The molecule has 0 atom stereocenters. The lowest BCUT2D eigenvalue weighted by Crippen LogP contribution is -2.43. The largest absolute Gasteiger partial charge is 0.354 e. The topological polar surface area (TPSA) is 76.7 Å². The number of hydrogen-bond donors (Lipinski definition) is 2. The first-order valence-corrected chi connectivity index (χ1v) is 6.30. The molecule has 0 aliphatic rings. The Hall–Kier alpha value is -1.63. The number of benzene rings is 1. The maximum absolute atomic E-state index is 11.5. The summed E-state index contributed by atoms with van der Waals surface area (Å²) in [5.41, 5.74) is 0.849. The SMILES string of the molecule is COC(CNC(=O)C(=O)NCc1ccc(Cl)cc1)OC. The molecular weight excluding hydrogens is 284 g/mol. The minimum absolute atomic E-state index is 0.0974. The molecule has 0 unspecified atom stereocenters. The van der Waals surface area contributed by atoms with E-state index in [0.717, 1.165) is 5.56 Å². The first-order chi connectivity index (χ1) is 9.56.